The van der Waals surface area contributed by atoms with Crippen molar-refractivity contribution >= 4 is 40.0 Å². The lowest BCUT2D eigenvalue weighted by atomic mass is 9.95. The molecule has 1 heterocycles. The van der Waals surface area contributed by atoms with Gasteiger partial charge >= 0.3 is 0 Å². The van der Waals surface area contributed by atoms with Crippen molar-refractivity contribution in [2.24, 2.45) is 0 Å². The molecule has 2 aromatic carbocycles. The first-order valence-electron chi connectivity index (χ1n) is 7.78. The first kappa shape index (κ1) is 15.6. The highest BCUT2D eigenvalue weighted by atomic mass is 35.5. The molecular weight excluding hydrogens is 347 g/mol. The number of ether oxygens (including phenoxy) is 1. The molecule has 0 spiro atoms. The van der Waals surface area contributed by atoms with E-state index in [9.17, 15) is 4.79 Å². The van der Waals surface area contributed by atoms with Crippen molar-refractivity contribution in [2.45, 2.75) is 25.9 Å². The number of halogens is 2. The molecule has 0 radical (unpaired) electrons. The maximum Gasteiger partial charge on any atom is 0.198 e. The molecule has 0 aliphatic heterocycles. The topological polar surface area (TPSA) is 39.4 Å². The maximum absolute atomic E-state index is 12.0. The van der Waals surface area contributed by atoms with Gasteiger partial charge in [0.25, 0.3) is 0 Å². The van der Waals surface area contributed by atoms with Gasteiger partial charge in [-0.15, -0.1) is 0 Å². The molecule has 4 rings (SSSR count). The summed E-state index contributed by atoms with van der Waals surface area (Å²) >= 11 is 12.3. The SMILES string of the molecule is O=C1CCCc2c1oc1cc(OCc3c(Cl)cccc3Cl)ccc21. The average molecular weight is 361 g/mol. The second kappa shape index (κ2) is 6.15. The molecule has 5 heteroatoms. The van der Waals surface area contributed by atoms with Crippen LogP contribution in [0.4, 0.5) is 0 Å². The Hall–Kier alpha value is -1.97. The smallest absolute Gasteiger partial charge is 0.198 e. The normalized spacial score (nSPS) is 14.0. The molecule has 0 saturated carbocycles. The lowest BCUT2D eigenvalue weighted by Gasteiger charge is -2.09. The average Bonchev–Trinajstić information content (AvgIpc) is 2.94. The Morgan fingerprint density at radius 3 is 2.67 bits per heavy atom. The van der Waals surface area contributed by atoms with Gasteiger partial charge < -0.3 is 9.15 Å². The van der Waals surface area contributed by atoms with Crippen molar-refractivity contribution in [2.75, 3.05) is 0 Å². The van der Waals surface area contributed by atoms with E-state index in [0.29, 0.717) is 33.6 Å². The number of benzene rings is 2. The molecule has 0 unspecified atom stereocenters. The van der Waals surface area contributed by atoms with Crippen molar-refractivity contribution in [3.8, 4) is 5.75 Å². The number of hydrogen-bond acceptors (Lipinski definition) is 3. The van der Waals surface area contributed by atoms with Gasteiger partial charge in [-0.05, 0) is 37.1 Å². The molecule has 0 amide bonds. The van der Waals surface area contributed by atoms with E-state index in [1.165, 1.54) is 0 Å². The summed E-state index contributed by atoms with van der Waals surface area (Å²) in [6.45, 7) is 0.267. The molecule has 0 bridgehead atoms. The van der Waals surface area contributed by atoms with Crippen LogP contribution < -0.4 is 4.74 Å². The molecule has 0 atom stereocenters. The minimum atomic E-state index is 0.0813. The van der Waals surface area contributed by atoms with Crippen LogP contribution in [0.2, 0.25) is 10.0 Å². The molecule has 0 saturated heterocycles. The third-order valence-corrected chi connectivity index (χ3v) is 5.00. The van der Waals surface area contributed by atoms with Gasteiger partial charge in [-0.1, -0.05) is 29.3 Å². The van der Waals surface area contributed by atoms with Gasteiger partial charge in [0.15, 0.2) is 11.5 Å². The Bertz CT molecular complexity index is 923. The second-order valence-corrected chi connectivity index (χ2v) is 6.65. The lowest BCUT2D eigenvalue weighted by Crippen LogP contribution is -2.07. The van der Waals surface area contributed by atoms with Crippen molar-refractivity contribution in [1.29, 1.82) is 0 Å². The van der Waals surface area contributed by atoms with Gasteiger partial charge in [-0.25, -0.2) is 0 Å². The predicted octanol–water partition coefficient (Wildman–Crippen LogP) is 5.84. The summed E-state index contributed by atoms with van der Waals surface area (Å²) in [5.74, 6) is 1.23. The Morgan fingerprint density at radius 1 is 1.08 bits per heavy atom. The Labute approximate surface area is 149 Å². The monoisotopic (exact) mass is 360 g/mol. The predicted molar refractivity (Wildman–Crippen MR) is 94.3 cm³/mol. The summed E-state index contributed by atoms with van der Waals surface area (Å²) in [5, 5.41) is 2.13. The molecule has 0 fully saturated rings. The number of carbonyl (C=O) groups excluding carboxylic acids is 1. The Balaban J connectivity index is 1.63. The highest BCUT2D eigenvalue weighted by Crippen LogP contribution is 2.34. The third kappa shape index (κ3) is 2.68. The first-order valence-corrected chi connectivity index (χ1v) is 8.53. The van der Waals surface area contributed by atoms with Crippen LogP contribution in [0.5, 0.6) is 5.75 Å². The molecule has 1 aromatic heterocycles. The van der Waals surface area contributed by atoms with Gasteiger partial charge in [-0.3, -0.25) is 4.79 Å². The molecule has 24 heavy (non-hydrogen) atoms. The number of ketones is 1. The molecule has 1 aliphatic carbocycles. The molecule has 122 valence electrons. The number of carbonyl (C=O) groups is 1. The lowest BCUT2D eigenvalue weighted by molar-refractivity contribution is 0.0946. The van der Waals surface area contributed by atoms with Crippen molar-refractivity contribution in [3.63, 3.8) is 0 Å². The Kier molecular flexibility index (Phi) is 3.99. The zero-order valence-corrected chi connectivity index (χ0v) is 14.3. The molecular formula is C19H14Cl2O3. The number of hydrogen-bond donors (Lipinski definition) is 0. The Morgan fingerprint density at radius 2 is 1.88 bits per heavy atom. The van der Waals surface area contributed by atoms with E-state index in [1.807, 2.05) is 18.2 Å². The van der Waals surface area contributed by atoms with Gasteiger partial charge in [0.05, 0.1) is 0 Å². The molecule has 1 aliphatic rings. The van der Waals surface area contributed by atoms with Crippen LogP contribution in [-0.4, -0.2) is 5.78 Å². The minimum absolute atomic E-state index is 0.0813. The van der Waals surface area contributed by atoms with Gasteiger partial charge in [0.2, 0.25) is 0 Å². The van der Waals surface area contributed by atoms with Crippen LogP contribution in [0, 0.1) is 0 Å². The number of Topliss-reactive ketones (excluding diaryl/α,β-unsaturated/α-hetero) is 1. The van der Waals surface area contributed by atoms with Crippen molar-refractivity contribution in [1.82, 2.24) is 0 Å². The van der Waals surface area contributed by atoms with E-state index < -0.39 is 0 Å². The zero-order valence-electron chi connectivity index (χ0n) is 12.8. The van der Waals surface area contributed by atoms with E-state index in [2.05, 4.69) is 0 Å². The molecule has 3 aromatic rings. The second-order valence-electron chi connectivity index (χ2n) is 5.83. The highest BCUT2D eigenvalue weighted by Gasteiger charge is 2.24. The van der Waals surface area contributed by atoms with Gasteiger partial charge in [0, 0.05) is 39.0 Å². The molecule has 3 nitrogen and oxygen atoms in total. The summed E-state index contributed by atoms with van der Waals surface area (Å²) in [6.07, 6.45) is 2.31. The van der Waals surface area contributed by atoms with E-state index in [0.717, 1.165) is 29.4 Å². The van der Waals surface area contributed by atoms with Gasteiger partial charge in [0.1, 0.15) is 17.9 Å². The highest BCUT2D eigenvalue weighted by molar-refractivity contribution is 6.35. The van der Waals surface area contributed by atoms with Crippen molar-refractivity contribution < 1.29 is 13.9 Å². The van der Waals surface area contributed by atoms with Crippen LogP contribution in [0.15, 0.2) is 40.8 Å². The fourth-order valence-corrected chi connectivity index (χ4v) is 3.57. The zero-order chi connectivity index (χ0) is 16.7. The van der Waals surface area contributed by atoms with E-state index in [4.69, 9.17) is 32.4 Å². The van der Waals surface area contributed by atoms with Crippen LogP contribution in [0.25, 0.3) is 11.0 Å². The van der Waals surface area contributed by atoms with Crippen LogP contribution >= 0.6 is 23.2 Å². The standard InChI is InChI=1S/C19H14Cl2O3/c20-15-4-2-5-16(21)14(15)10-23-11-7-8-12-13-3-1-6-17(22)19(13)24-18(12)9-11/h2,4-5,7-9H,1,3,6,10H2. The van der Waals surface area contributed by atoms with E-state index in [-0.39, 0.29) is 12.4 Å². The summed E-state index contributed by atoms with van der Waals surface area (Å²) < 4.78 is 11.6. The van der Waals surface area contributed by atoms with Crippen LogP contribution in [0.3, 0.4) is 0 Å². The number of aryl methyl sites for hydroxylation is 1. The number of furan rings is 1. The van der Waals surface area contributed by atoms with Crippen LogP contribution in [0.1, 0.15) is 34.5 Å². The fourth-order valence-electron chi connectivity index (χ4n) is 3.06. The number of rotatable bonds is 3. The summed E-state index contributed by atoms with van der Waals surface area (Å²) in [7, 11) is 0. The largest absolute Gasteiger partial charge is 0.489 e. The van der Waals surface area contributed by atoms with Gasteiger partial charge in [-0.2, -0.15) is 0 Å². The first-order chi connectivity index (χ1) is 11.6. The summed E-state index contributed by atoms with van der Waals surface area (Å²) in [4.78, 5) is 12.0. The summed E-state index contributed by atoms with van der Waals surface area (Å²) in [5.41, 5.74) is 2.44. The molecule has 0 N–H and O–H groups in total. The maximum atomic E-state index is 12.0. The fraction of sp³-hybridized carbons (Fsp3) is 0.211. The minimum Gasteiger partial charge on any atom is -0.489 e. The van der Waals surface area contributed by atoms with Crippen molar-refractivity contribution in [3.05, 3.63) is 63.3 Å². The van der Waals surface area contributed by atoms with E-state index in [1.54, 1.807) is 18.2 Å². The van der Waals surface area contributed by atoms with Crippen LogP contribution in [-0.2, 0) is 13.0 Å². The number of fused-ring (bicyclic) bond motifs is 3. The third-order valence-electron chi connectivity index (χ3n) is 4.29. The summed E-state index contributed by atoms with van der Waals surface area (Å²) in [6, 6.07) is 11.0. The van der Waals surface area contributed by atoms with E-state index >= 15 is 0 Å². The quantitative estimate of drug-likeness (QED) is 0.589.